The van der Waals surface area contributed by atoms with Crippen molar-refractivity contribution in [2.75, 3.05) is 26.4 Å². The van der Waals surface area contributed by atoms with E-state index in [0.29, 0.717) is 6.42 Å². The topological polar surface area (TPSA) is 307 Å². The Hall–Kier alpha value is -1.73. The first-order valence-electron chi connectivity index (χ1n) is 35.1. The molecule has 19 heteroatoms. The minimum Gasteiger partial charge on any atom is -0.394 e. The lowest BCUT2D eigenvalue weighted by Gasteiger charge is -2.48. The zero-order valence-electron chi connectivity index (χ0n) is 54.0. The average Bonchev–Trinajstić information content (AvgIpc) is 3.24. The molecule has 512 valence electrons. The van der Waals surface area contributed by atoms with Gasteiger partial charge < -0.3 is 89.9 Å². The fourth-order valence-electron chi connectivity index (χ4n) is 12.0. The molecular weight excluding hydrogens is 1120 g/mol. The summed E-state index contributed by atoms with van der Waals surface area (Å²) < 4.78 is 34.3. The summed E-state index contributed by atoms with van der Waals surface area (Å²) >= 11 is 0. The number of hydrogen-bond acceptors (Lipinski definition) is 18. The molecule has 87 heavy (non-hydrogen) atoms. The van der Waals surface area contributed by atoms with Gasteiger partial charge in [-0.1, -0.05) is 244 Å². The van der Waals surface area contributed by atoms with Crippen LogP contribution in [0.2, 0.25) is 0 Å². The number of nitrogens with one attached hydrogen (secondary N) is 1. The van der Waals surface area contributed by atoms with Crippen LogP contribution in [0.5, 0.6) is 0 Å². The van der Waals surface area contributed by atoms with Crippen molar-refractivity contribution in [3.8, 4) is 0 Å². The van der Waals surface area contributed by atoms with E-state index in [1.54, 1.807) is 6.08 Å². The van der Waals surface area contributed by atoms with Crippen molar-refractivity contribution < 1.29 is 89.4 Å². The molecule has 17 atom stereocenters. The Morgan fingerprint density at radius 1 is 0.402 bits per heavy atom. The average molecular weight is 1250 g/mol. The maximum atomic E-state index is 13.3. The van der Waals surface area contributed by atoms with E-state index in [-0.39, 0.29) is 18.9 Å². The first-order chi connectivity index (χ1) is 42.3. The third-order valence-corrected chi connectivity index (χ3v) is 17.7. The van der Waals surface area contributed by atoms with E-state index in [1.165, 1.54) is 180 Å². The highest BCUT2D eigenvalue weighted by atomic mass is 16.8. The lowest BCUT2D eigenvalue weighted by molar-refractivity contribution is -0.379. The van der Waals surface area contributed by atoms with Crippen LogP contribution in [0.4, 0.5) is 0 Å². The van der Waals surface area contributed by atoms with Gasteiger partial charge in [0.1, 0.15) is 73.2 Å². The second kappa shape index (κ2) is 50.8. The third kappa shape index (κ3) is 33.1. The molecule has 3 heterocycles. The lowest BCUT2D eigenvalue weighted by Crippen LogP contribution is -2.66. The van der Waals surface area contributed by atoms with Crippen LogP contribution >= 0.6 is 0 Å². The zero-order valence-corrected chi connectivity index (χ0v) is 54.0. The van der Waals surface area contributed by atoms with Crippen molar-refractivity contribution in [2.45, 2.75) is 375 Å². The Bertz CT molecular complexity index is 1680. The van der Waals surface area contributed by atoms with Crippen molar-refractivity contribution in [3.05, 3.63) is 24.3 Å². The van der Waals surface area contributed by atoms with Gasteiger partial charge in [-0.25, -0.2) is 0 Å². The molecule has 0 radical (unpaired) electrons. The van der Waals surface area contributed by atoms with Gasteiger partial charge in [-0.15, -0.1) is 0 Å². The Balaban J connectivity index is 1.38. The Kier molecular flexibility index (Phi) is 46.4. The molecule has 1 amide bonds. The van der Waals surface area contributed by atoms with Gasteiger partial charge in [-0.2, -0.15) is 0 Å². The van der Waals surface area contributed by atoms with Gasteiger partial charge >= 0.3 is 0 Å². The van der Waals surface area contributed by atoms with Crippen LogP contribution in [0.25, 0.3) is 0 Å². The number of unbranched alkanes of at least 4 members (excludes halogenated alkanes) is 36. The fraction of sp³-hybridized carbons (Fsp3) is 0.926. The van der Waals surface area contributed by atoms with Gasteiger partial charge in [-0.05, 0) is 44.9 Å². The number of allylic oxidation sites excluding steroid dienone is 3. The maximum absolute atomic E-state index is 13.3. The molecule has 0 aromatic rings. The highest BCUT2D eigenvalue weighted by Crippen LogP contribution is 2.33. The molecule has 0 saturated carbocycles. The normalized spacial score (nSPS) is 28.7. The van der Waals surface area contributed by atoms with E-state index in [2.05, 4.69) is 31.3 Å². The number of aliphatic hydroxyl groups is 11. The van der Waals surface area contributed by atoms with E-state index < -0.39 is 124 Å². The second-order valence-corrected chi connectivity index (χ2v) is 25.3. The van der Waals surface area contributed by atoms with E-state index in [0.717, 1.165) is 64.2 Å². The molecule has 19 nitrogen and oxygen atoms in total. The summed E-state index contributed by atoms with van der Waals surface area (Å²) in [6.45, 7) is 1.72. The molecule has 3 aliphatic heterocycles. The van der Waals surface area contributed by atoms with Gasteiger partial charge in [0.15, 0.2) is 18.9 Å². The predicted octanol–water partition coefficient (Wildman–Crippen LogP) is 9.05. The Labute approximate surface area is 524 Å². The summed E-state index contributed by atoms with van der Waals surface area (Å²) in [6, 6.07) is -0.975. The van der Waals surface area contributed by atoms with Crippen LogP contribution < -0.4 is 5.32 Å². The monoisotopic (exact) mass is 1250 g/mol. The molecule has 0 aromatic heterocycles. The van der Waals surface area contributed by atoms with Crippen LogP contribution in [0.15, 0.2) is 24.3 Å². The molecule has 12 N–H and O–H groups in total. The highest BCUT2D eigenvalue weighted by Gasteiger charge is 2.53. The van der Waals surface area contributed by atoms with Crippen LogP contribution in [0, 0.1) is 0 Å². The minimum atomic E-state index is -1.98. The summed E-state index contributed by atoms with van der Waals surface area (Å²) in [4.78, 5) is 13.3. The van der Waals surface area contributed by atoms with Crippen molar-refractivity contribution in [1.82, 2.24) is 5.32 Å². The molecular formula is C68H127NO18. The second-order valence-electron chi connectivity index (χ2n) is 25.3. The smallest absolute Gasteiger partial charge is 0.220 e. The molecule has 17 unspecified atom stereocenters. The van der Waals surface area contributed by atoms with Crippen LogP contribution in [-0.4, -0.2) is 193 Å². The van der Waals surface area contributed by atoms with Crippen molar-refractivity contribution >= 4 is 5.91 Å². The van der Waals surface area contributed by atoms with E-state index in [1.807, 2.05) is 6.08 Å². The molecule has 3 rings (SSSR count). The number of amides is 1. The Morgan fingerprint density at radius 2 is 0.724 bits per heavy atom. The zero-order chi connectivity index (χ0) is 63.3. The molecule has 3 fully saturated rings. The molecule has 3 aliphatic rings. The lowest BCUT2D eigenvalue weighted by atomic mass is 9.96. The summed E-state index contributed by atoms with van der Waals surface area (Å²) in [5, 5.41) is 120. The van der Waals surface area contributed by atoms with Gasteiger partial charge in [-0.3, -0.25) is 4.79 Å². The number of carbonyl (C=O) groups is 1. The summed E-state index contributed by atoms with van der Waals surface area (Å²) in [5.74, 6) is -0.283. The van der Waals surface area contributed by atoms with Crippen molar-refractivity contribution in [2.24, 2.45) is 0 Å². The maximum Gasteiger partial charge on any atom is 0.220 e. The standard InChI is InChI=1S/C68H127NO18/c1-3-5-7-9-11-13-15-17-18-19-20-21-22-23-24-25-26-27-28-29-30-31-32-33-34-35-37-39-41-43-45-52(73)51(69-56(74)46-44-42-40-38-36-16-14-12-10-8-6-4-2)50-82-66-62(80)59(77)64(54(48-71)84-66)87-68-63(81)60(78)65(55(49-72)85-68)86-67-61(79)58(76)57(75)53(47-70)83-67/h12,14,43,45,51-55,57-68,70-73,75-81H,3-11,13,15-42,44,46-50H2,1-2H3,(H,69,74)/b14-12-,45-43+. The number of hydrogen-bond donors (Lipinski definition) is 12. The van der Waals surface area contributed by atoms with Crippen LogP contribution in [-0.2, 0) is 33.2 Å². The van der Waals surface area contributed by atoms with E-state index in [4.69, 9.17) is 28.4 Å². The number of rotatable bonds is 54. The van der Waals surface area contributed by atoms with Crippen LogP contribution in [0.1, 0.15) is 271 Å². The van der Waals surface area contributed by atoms with E-state index in [9.17, 15) is 61.0 Å². The highest BCUT2D eigenvalue weighted by molar-refractivity contribution is 5.76. The SMILES string of the molecule is CCCCC/C=C\CCCCCCCC(=O)NC(COC1OC(CO)C(OC2OC(CO)C(OC3OC(CO)C(O)C(O)C3O)C(O)C2O)C(O)C1O)C(O)/C=C/CCCCCCCCCCCCCCCCCCCCCCCCCCCCCC. The molecule has 0 aliphatic carbocycles. The summed E-state index contributed by atoms with van der Waals surface area (Å²) in [7, 11) is 0. The van der Waals surface area contributed by atoms with Gasteiger partial charge in [0, 0.05) is 6.42 Å². The van der Waals surface area contributed by atoms with E-state index >= 15 is 0 Å². The number of ether oxygens (including phenoxy) is 6. The first kappa shape index (κ1) is 79.5. The molecule has 0 bridgehead atoms. The molecule has 0 spiro atoms. The molecule has 3 saturated heterocycles. The molecule has 0 aromatic carbocycles. The van der Waals surface area contributed by atoms with Crippen molar-refractivity contribution in [1.29, 1.82) is 0 Å². The van der Waals surface area contributed by atoms with Gasteiger partial charge in [0.2, 0.25) is 5.91 Å². The third-order valence-electron chi connectivity index (χ3n) is 17.7. The Morgan fingerprint density at radius 3 is 1.14 bits per heavy atom. The summed E-state index contributed by atoms with van der Waals surface area (Å²) in [6.07, 6.45) is 30.4. The van der Waals surface area contributed by atoms with Crippen LogP contribution in [0.3, 0.4) is 0 Å². The minimum absolute atomic E-state index is 0.234. The first-order valence-corrected chi connectivity index (χ1v) is 35.1. The number of carbonyl (C=O) groups excluding carboxylic acids is 1. The van der Waals surface area contributed by atoms with Gasteiger partial charge in [0.05, 0.1) is 38.6 Å². The fourth-order valence-corrected chi connectivity index (χ4v) is 12.0. The number of aliphatic hydroxyl groups excluding tert-OH is 11. The quantitative estimate of drug-likeness (QED) is 0.0200. The summed E-state index contributed by atoms with van der Waals surface area (Å²) in [5.41, 5.74) is 0. The van der Waals surface area contributed by atoms with Gasteiger partial charge in [0.25, 0.3) is 0 Å². The predicted molar refractivity (Wildman–Crippen MR) is 337 cm³/mol. The largest absolute Gasteiger partial charge is 0.394 e. The van der Waals surface area contributed by atoms with Crippen molar-refractivity contribution in [3.63, 3.8) is 0 Å².